The molecule has 4 heterocycles. The van der Waals surface area contributed by atoms with Crippen LogP contribution in [0.5, 0.6) is 11.6 Å². The zero-order valence-electron chi connectivity index (χ0n) is 39.3. The summed E-state index contributed by atoms with van der Waals surface area (Å²) in [5.41, 5.74) is 0.204. The summed E-state index contributed by atoms with van der Waals surface area (Å²) in [5.74, 6) is -1.32. The quantitative estimate of drug-likeness (QED) is 0.156. The Morgan fingerprint density at radius 2 is 1.79 bits per heavy atom. The van der Waals surface area contributed by atoms with Gasteiger partial charge in [-0.2, -0.15) is 0 Å². The second-order valence-electron chi connectivity index (χ2n) is 21.2. The van der Waals surface area contributed by atoms with Crippen molar-refractivity contribution in [1.29, 1.82) is 0 Å². The molecule has 0 spiro atoms. The van der Waals surface area contributed by atoms with Crippen LogP contribution in [-0.2, 0) is 35.6 Å². The normalized spacial score (nSPS) is 30.5. The van der Waals surface area contributed by atoms with Gasteiger partial charge >= 0.3 is 6.09 Å². The number of benzene rings is 1. The van der Waals surface area contributed by atoms with Crippen LogP contribution in [-0.4, -0.2) is 115 Å². The second-order valence-corrected chi connectivity index (χ2v) is 23.2. The van der Waals surface area contributed by atoms with Crippen molar-refractivity contribution < 1.29 is 41.8 Å². The molecule has 1 aromatic carbocycles. The minimum Gasteiger partial charge on any atom is -0.492 e. The maximum absolute atomic E-state index is 15.1. The predicted octanol–water partition coefficient (Wildman–Crippen LogP) is 6.49. The average Bonchev–Trinajstić information content (AvgIpc) is 4.08. The van der Waals surface area contributed by atoms with E-state index in [9.17, 15) is 22.8 Å². The molecule has 9 rings (SSSR count). The van der Waals surface area contributed by atoms with Gasteiger partial charge in [-0.05, 0) is 126 Å². The van der Waals surface area contributed by atoms with E-state index >= 15 is 4.79 Å². The Morgan fingerprint density at radius 3 is 2.55 bits per heavy atom. The number of carbonyl (C=O) groups is 4. The number of likely N-dealkylation sites (tertiary alicyclic amines) is 1. The number of aromatic nitrogens is 1. The maximum Gasteiger partial charge on any atom is 0.408 e. The highest BCUT2D eigenvalue weighted by Crippen LogP contribution is 2.46. The fourth-order valence-electron chi connectivity index (χ4n) is 11.7. The average molecular weight is 943 g/mol. The largest absolute Gasteiger partial charge is 0.492 e. The third-order valence-electron chi connectivity index (χ3n) is 15.6. The number of rotatable bonds is 12. The lowest BCUT2D eigenvalue weighted by Crippen LogP contribution is -2.59. The summed E-state index contributed by atoms with van der Waals surface area (Å²) in [6.45, 7) is 12.1. The Labute approximate surface area is 395 Å². The molecule has 7 aliphatic rings. The topological polar surface area (TPSA) is 186 Å². The monoisotopic (exact) mass is 942 g/mol. The van der Waals surface area contributed by atoms with E-state index < -0.39 is 68.7 Å². The Balaban J connectivity index is 1.05. The van der Waals surface area contributed by atoms with E-state index in [4.69, 9.17) is 19.2 Å². The van der Waals surface area contributed by atoms with E-state index in [1.54, 1.807) is 6.08 Å². The number of amides is 4. The first kappa shape index (κ1) is 47.4. The zero-order valence-corrected chi connectivity index (χ0v) is 40.2. The molecule has 0 unspecified atom stereocenters. The number of alkyl carbamates (subject to hydrolysis) is 1. The standard InChI is InChI=1S/C51H70N6O9S/c1-4-35-30-51(35,48(60)55-67(62,63)37-23-24-37)54-45(58)41-29-36-31-57(41)47(59)43(34-16-8-9-17-34)53-49(61)66-42-22-12-18-33(42)15-6-5-7-20-39-44(38-19-10-11-21-40(38)52-46(39)65-36)64-28-14-27-56-26-13-25-50(2,3)32-56/h4-5,7,10-11,19,21,33-37,41-43H,1,6,8-9,12-18,20,22-32H2,2-3H3,(H,53,61)(H,54,58)(H,55,60)/t33-,35-,36-,41+,42-,43+,51-/m1/s1. The number of hydrogen-bond acceptors (Lipinski definition) is 11. The first-order valence-electron chi connectivity index (χ1n) is 25.1. The summed E-state index contributed by atoms with van der Waals surface area (Å²) in [6, 6.07) is 5.76. The minimum atomic E-state index is -3.92. The first-order valence-corrected chi connectivity index (χ1v) is 26.6. The molecule has 67 heavy (non-hydrogen) atoms. The van der Waals surface area contributed by atoms with Crippen LogP contribution in [0.15, 0.2) is 49.1 Å². The SMILES string of the molecule is C=C[C@@H]1C[C@]1(NC(=O)[C@@H]1C[C@@H]2CN1C(=O)[C@H](C1CCCC1)NC(=O)O[C@@H]1CCC[C@H]1CCC=CCc1c(nc3ccccc3c1OCCCN1CCCC(C)(C)C1)O2)C(=O)NS(=O)(=O)C1CC1. The number of pyridine rings is 1. The van der Waals surface area contributed by atoms with Crippen LogP contribution < -0.4 is 24.8 Å². The van der Waals surface area contributed by atoms with E-state index in [1.807, 2.05) is 24.3 Å². The number of fused-ring (bicyclic) bond motifs is 5. The maximum atomic E-state index is 15.1. The number of para-hydroxylation sites is 1. The van der Waals surface area contributed by atoms with Crippen LogP contribution in [0.4, 0.5) is 4.79 Å². The number of carbonyl (C=O) groups excluding carboxylic acids is 4. The fourth-order valence-corrected chi connectivity index (χ4v) is 13.0. The van der Waals surface area contributed by atoms with Crippen molar-refractivity contribution in [3.05, 3.63) is 54.6 Å². The number of ether oxygens (including phenoxy) is 3. The van der Waals surface area contributed by atoms with Gasteiger partial charge in [0.2, 0.25) is 27.7 Å². The van der Waals surface area contributed by atoms with Gasteiger partial charge in [-0.15, -0.1) is 6.58 Å². The van der Waals surface area contributed by atoms with Crippen molar-refractivity contribution in [2.45, 2.75) is 158 Å². The van der Waals surface area contributed by atoms with Gasteiger partial charge in [0.1, 0.15) is 35.6 Å². The number of nitrogens with zero attached hydrogens (tertiary/aromatic N) is 3. The first-order chi connectivity index (χ1) is 32.2. The van der Waals surface area contributed by atoms with Gasteiger partial charge in [-0.1, -0.05) is 57.0 Å². The van der Waals surface area contributed by atoms with Crippen molar-refractivity contribution in [1.82, 2.24) is 30.1 Å². The fraction of sp³-hybridized carbons (Fsp3) is 0.667. The lowest BCUT2D eigenvalue weighted by Gasteiger charge is -2.38. The molecule has 2 aromatic rings. The Morgan fingerprint density at radius 1 is 1.00 bits per heavy atom. The van der Waals surface area contributed by atoms with Gasteiger partial charge in [0.05, 0.1) is 29.5 Å². The molecule has 3 aliphatic heterocycles. The highest BCUT2D eigenvalue weighted by atomic mass is 32.2. The van der Waals surface area contributed by atoms with E-state index in [-0.39, 0.29) is 37.3 Å². The number of hydrogen-bond donors (Lipinski definition) is 3. The van der Waals surface area contributed by atoms with E-state index in [1.165, 1.54) is 17.7 Å². The molecule has 15 nitrogen and oxygen atoms in total. The Bertz CT molecular complexity index is 2350. The molecule has 6 fully saturated rings. The van der Waals surface area contributed by atoms with Crippen molar-refractivity contribution in [3.8, 4) is 11.6 Å². The number of piperidine rings is 1. The van der Waals surface area contributed by atoms with Crippen LogP contribution in [0.25, 0.3) is 10.9 Å². The van der Waals surface area contributed by atoms with Gasteiger partial charge in [-0.25, -0.2) is 18.2 Å². The molecule has 7 atom stereocenters. The lowest BCUT2D eigenvalue weighted by molar-refractivity contribution is -0.142. The van der Waals surface area contributed by atoms with Crippen LogP contribution in [0.1, 0.15) is 122 Å². The van der Waals surface area contributed by atoms with E-state index in [0.717, 1.165) is 94.8 Å². The number of sulfonamides is 1. The smallest absolute Gasteiger partial charge is 0.408 e. The second kappa shape index (κ2) is 19.7. The van der Waals surface area contributed by atoms with Crippen molar-refractivity contribution >= 4 is 44.7 Å². The Hall–Kier alpha value is -4.70. The summed E-state index contributed by atoms with van der Waals surface area (Å²) in [6.07, 6.45) is 16.6. The van der Waals surface area contributed by atoms with Crippen LogP contribution in [0.3, 0.4) is 0 Å². The molecule has 0 radical (unpaired) electrons. The van der Waals surface area contributed by atoms with Crippen LogP contribution >= 0.6 is 0 Å². The molecule has 1 aromatic heterocycles. The molecular formula is C51H70N6O9S. The Kier molecular flexibility index (Phi) is 13.9. The summed E-state index contributed by atoms with van der Waals surface area (Å²) >= 11 is 0. The van der Waals surface area contributed by atoms with Gasteiger partial charge in [0.15, 0.2) is 0 Å². The van der Waals surface area contributed by atoms with Crippen molar-refractivity contribution in [2.75, 3.05) is 32.8 Å². The highest BCUT2D eigenvalue weighted by molar-refractivity contribution is 7.91. The number of allylic oxidation sites excluding steroid dienone is 2. The van der Waals surface area contributed by atoms with E-state index in [0.29, 0.717) is 48.4 Å². The van der Waals surface area contributed by atoms with Gasteiger partial charge in [0, 0.05) is 30.8 Å². The molecule has 2 saturated heterocycles. The third kappa shape index (κ3) is 10.6. The van der Waals surface area contributed by atoms with Crippen LogP contribution in [0, 0.1) is 23.2 Å². The van der Waals surface area contributed by atoms with Crippen molar-refractivity contribution in [2.24, 2.45) is 23.2 Å². The summed E-state index contributed by atoms with van der Waals surface area (Å²) in [5, 5.41) is 6.12. The van der Waals surface area contributed by atoms with E-state index in [2.05, 4.69) is 52.8 Å². The molecule has 4 amide bonds. The molecule has 4 saturated carbocycles. The van der Waals surface area contributed by atoms with Crippen LogP contribution in [0.2, 0.25) is 0 Å². The van der Waals surface area contributed by atoms with Crippen molar-refractivity contribution in [3.63, 3.8) is 0 Å². The molecule has 16 heteroatoms. The van der Waals surface area contributed by atoms with Gasteiger partial charge < -0.3 is 34.6 Å². The lowest BCUT2D eigenvalue weighted by atomic mass is 9.84. The minimum absolute atomic E-state index is 0.00608. The van der Waals surface area contributed by atoms with Gasteiger partial charge in [0.25, 0.3) is 5.91 Å². The molecular weight excluding hydrogens is 873 g/mol. The van der Waals surface area contributed by atoms with Gasteiger partial charge in [-0.3, -0.25) is 19.1 Å². The number of nitrogens with one attached hydrogen (secondary N) is 3. The summed E-state index contributed by atoms with van der Waals surface area (Å²) < 4.78 is 47.9. The summed E-state index contributed by atoms with van der Waals surface area (Å²) in [4.78, 5) is 66.6. The highest BCUT2D eigenvalue weighted by Gasteiger charge is 2.62. The molecule has 4 aliphatic carbocycles. The molecule has 3 N–H and O–H groups in total. The molecule has 364 valence electrons. The predicted molar refractivity (Wildman–Crippen MR) is 254 cm³/mol. The summed E-state index contributed by atoms with van der Waals surface area (Å²) in [7, 11) is -3.92. The molecule has 2 bridgehead atoms. The third-order valence-corrected chi connectivity index (χ3v) is 17.4. The zero-order chi connectivity index (χ0) is 46.9.